The number of carbonyl (C=O) groups is 2. The molecule has 0 saturated carbocycles. The fraction of sp³-hybridized carbons (Fsp3) is 0.333. The summed E-state index contributed by atoms with van der Waals surface area (Å²) in [7, 11) is 0. The third kappa shape index (κ3) is 2.31. The number of carbonyl (C=O) groups excluding carboxylic acids is 2. The van der Waals surface area contributed by atoms with Gasteiger partial charge in [-0.2, -0.15) is 0 Å². The maximum atomic E-state index is 13.1. The summed E-state index contributed by atoms with van der Waals surface area (Å²) in [4.78, 5) is 22.8. The Labute approximate surface area is 103 Å². The average molecular weight is 256 g/mol. The van der Waals surface area contributed by atoms with E-state index in [1.165, 1.54) is 12.1 Å². The molecule has 0 spiro atoms. The highest BCUT2D eigenvalue weighted by atomic mass is 35.5. The molecule has 1 heterocycles. The molecule has 0 aliphatic carbocycles. The van der Waals surface area contributed by atoms with E-state index in [0.29, 0.717) is 5.56 Å². The van der Waals surface area contributed by atoms with E-state index >= 15 is 0 Å². The summed E-state index contributed by atoms with van der Waals surface area (Å²) in [6.07, 6.45) is 0.390. The average Bonchev–Trinajstić information content (AvgIpc) is 2.19. The normalized spacial score (nSPS) is 19.0. The molecule has 1 aliphatic rings. The summed E-state index contributed by atoms with van der Waals surface area (Å²) in [5.74, 6) is -1.14. The summed E-state index contributed by atoms with van der Waals surface area (Å²) < 4.78 is 13.1. The van der Waals surface area contributed by atoms with Crippen LogP contribution in [0.2, 0.25) is 5.02 Å². The summed E-state index contributed by atoms with van der Waals surface area (Å²) in [6.45, 7) is 1.80. The van der Waals surface area contributed by atoms with Gasteiger partial charge in [-0.3, -0.25) is 14.9 Å². The predicted molar refractivity (Wildman–Crippen MR) is 61.1 cm³/mol. The SMILES string of the molecule is CC1(c2ccc(F)c(Cl)c2)CC(=O)NC(=O)C1. The van der Waals surface area contributed by atoms with Crippen LogP contribution in [0.4, 0.5) is 4.39 Å². The van der Waals surface area contributed by atoms with E-state index in [0.717, 1.165) is 0 Å². The zero-order valence-corrected chi connectivity index (χ0v) is 9.97. The molecule has 17 heavy (non-hydrogen) atoms. The monoisotopic (exact) mass is 255 g/mol. The van der Waals surface area contributed by atoms with Crippen LogP contribution in [0, 0.1) is 5.82 Å². The van der Waals surface area contributed by atoms with Gasteiger partial charge in [-0.25, -0.2) is 4.39 Å². The van der Waals surface area contributed by atoms with Gasteiger partial charge in [0.15, 0.2) is 0 Å². The number of imide groups is 1. The standard InChI is InChI=1S/C12H11ClFNO2/c1-12(5-10(16)15-11(17)6-12)7-2-3-9(14)8(13)4-7/h2-4H,5-6H2,1H3,(H,15,16,17). The minimum atomic E-state index is -0.614. The van der Waals surface area contributed by atoms with Gasteiger partial charge in [-0.15, -0.1) is 0 Å². The summed E-state index contributed by atoms with van der Waals surface area (Å²) in [6, 6.07) is 4.29. The van der Waals surface area contributed by atoms with E-state index in [1.54, 1.807) is 13.0 Å². The van der Waals surface area contributed by atoms with Gasteiger partial charge in [0.2, 0.25) is 11.8 Å². The van der Waals surface area contributed by atoms with E-state index in [9.17, 15) is 14.0 Å². The Hall–Kier alpha value is -1.42. The Bertz CT molecular complexity index is 485. The van der Waals surface area contributed by atoms with Crippen LogP contribution < -0.4 is 5.32 Å². The lowest BCUT2D eigenvalue weighted by Gasteiger charge is -2.32. The first-order valence-corrected chi connectivity index (χ1v) is 5.57. The van der Waals surface area contributed by atoms with Crippen molar-refractivity contribution in [3.63, 3.8) is 0 Å². The van der Waals surface area contributed by atoms with Gasteiger partial charge in [0.25, 0.3) is 0 Å². The summed E-state index contributed by atoms with van der Waals surface area (Å²) in [5.41, 5.74) is 0.0867. The van der Waals surface area contributed by atoms with Crippen molar-refractivity contribution in [2.75, 3.05) is 0 Å². The van der Waals surface area contributed by atoms with E-state index in [1.807, 2.05) is 0 Å². The zero-order valence-electron chi connectivity index (χ0n) is 9.22. The van der Waals surface area contributed by atoms with Gasteiger partial charge < -0.3 is 0 Å². The van der Waals surface area contributed by atoms with Crippen LogP contribution in [-0.2, 0) is 15.0 Å². The van der Waals surface area contributed by atoms with E-state index in [-0.39, 0.29) is 29.7 Å². The molecular weight excluding hydrogens is 245 g/mol. The Morgan fingerprint density at radius 1 is 1.29 bits per heavy atom. The molecule has 3 nitrogen and oxygen atoms in total. The third-order valence-electron chi connectivity index (χ3n) is 3.00. The van der Waals surface area contributed by atoms with Crippen LogP contribution in [0.5, 0.6) is 0 Å². The Morgan fingerprint density at radius 2 is 1.88 bits per heavy atom. The van der Waals surface area contributed by atoms with Crippen molar-refractivity contribution in [1.82, 2.24) is 5.32 Å². The fourth-order valence-corrected chi connectivity index (χ4v) is 2.27. The minimum absolute atomic E-state index is 0.00200. The van der Waals surface area contributed by atoms with Gasteiger partial charge in [0.1, 0.15) is 5.82 Å². The first kappa shape index (κ1) is 12.0. The molecule has 0 radical (unpaired) electrons. The van der Waals surface area contributed by atoms with Gasteiger partial charge in [0.05, 0.1) is 5.02 Å². The lowest BCUT2D eigenvalue weighted by Crippen LogP contribution is -2.45. The van der Waals surface area contributed by atoms with Crippen LogP contribution >= 0.6 is 11.6 Å². The molecule has 2 amide bonds. The lowest BCUT2D eigenvalue weighted by molar-refractivity contribution is -0.135. The second-order valence-corrected chi connectivity index (χ2v) is 4.92. The number of benzene rings is 1. The van der Waals surface area contributed by atoms with Crippen LogP contribution in [0.3, 0.4) is 0 Å². The first-order valence-electron chi connectivity index (χ1n) is 5.19. The number of hydrogen-bond acceptors (Lipinski definition) is 2. The number of halogens is 2. The molecular formula is C12H11ClFNO2. The molecule has 1 aromatic carbocycles. The highest BCUT2D eigenvalue weighted by molar-refractivity contribution is 6.30. The largest absolute Gasteiger partial charge is 0.296 e. The van der Waals surface area contributed by atoms with E-state index < -0.39 is 11.2 Å². The van der Waals surface area contributed by atoms with E-state index in [4.69, 9.17) is 11.6 Å². The quantitative estimate of drug-likeness (QED) is 0.782. The molecule has 5 heteroatoms. The summed E-state index contributed by atoms with van der Waals surface area (Å²) in [5, 5.41) is 2.25. The maximum Gasteiger partial charge on any atom is 0.227 e. The Balaban J connectivity index is 2.39. The molecule has 1 aromatic rings. The predicted octanol–water partition coefficient (Wildman–Crippen LogP) is 2.17. The summed E-state index contributed by atoms with van der Waals surface area (Å²) >= 11 is 5.71. The molecule has 1 N–H and O–H groups in total. The number of piperidine rings is 1. The number of rotatable bonds is 1. The molecule has 1 saturated heterocycles. The second kappa shape index (κ2) is 4.11. The molecule has 0 bridgehead atoms. The number of hydrogen-bond donors (Lipinski definition) is 1. The Kier molecular flexibility index (Phi) is 2.91. The molecule has 0 unspecified atom stereocenters. The van der Waals surface area contributed by atoms with Gasteiger partial charge in [0, 0.05) is 18.3 Å². The van der Waals surface area contributed by atoms with Crippen molar-refractivity contribution in [3.05, 3.63) is 34.6 Å². The molecule has 1 aliphatic heterocycles. The highest BCUT2D eigenvalue weighted by Crippen LogP contribution is 2.35. The van der Waals surface area contributed by atoms with Gasteiger partial charge in [-0.1, -0.05) is 24.6 Å². The van der Waals surface area contributed by atoms with Crippen LogP contribution in [0.25, 0.3) is 0 Å². The van der Waals surface area contributed by atoms with Crippen molar-refractivity contribution in [2.45, 2.75) is 25.2 Å². The van der Waals surface area contributed by atoms with Crippen molar-refractivity contribution in [3.8, 4) is 0 Å². The molecule has 0 aromatic heterocycles. The van der Waals surface area contributed by atoms with E-state index in [2.05, 4.69) is 5.32 Å². The lowest BCUT2D eigenvalue weighted by atomic mass is 9.74. The van der Waals surface area contributed by atoms with Crippen LogP contribution in [0.15, 0.2) is 18.2 Å². The smallest absolute Gasteiger partial charge is 0.227 e. The second-order valence-electron chi connectivity index (χ2n) is 4.51. The van der Waals surface area contributed by atoms with Crippen molar-refractivity contribution in [2.24, 2.45) is 0 Å². The van der Waals surface area contributed by atoms with Crippen molar-refractivity contribution >= 4 is 23.4 Å². The topological polar surface area (TPSA) is 46.2 Å². The molecule has 2 rings (SSSR count). The van der Waals surface area contributed by atoms with Crippen LogP contribution in [0.1, 0.15) is 25.3 Å². The van der Waals surface area contributed by atoms with Crippen molar-refractivity contribution < 1.29 is 14.0 Å². The first-order chi connectivity index (χ1) is 7.90. The highest BCUT2D eigenvalue weighted by Gasteiger charge is 2.37. The van der Waals surface area contributed by atoms with Crippen molar-refractivity contribution in [1.29, 1.82) is 0 Å². The molecule has 1 fully saturated rings. The number of nitrogens with one attached hydrogen (secondary N) is 1. The molecule has 90 valence electrons. The minimum Gasteiger partial charge on any atom is -0.296 e. The molecule has 0 atom stereocenters. The number of amides is 2. The van der Waals surface area contributed by atoms with Crippen LogP contribution in [-0.4, -0.2) is 11.8 Å². The Morgan fingerprint density at radius 3 is 2.41 bits per heavy atom. The fourth-order valence-electron chi connectivity index (χ4n) is 2.09. The maximum absolute atomic E-state index is 13.1. The zero-order chi connectivity index (χ0) is 12.6. The van der Waals surface area contributed by atoms with Gasteiger partial charge >= 0.3 is 0 Å². The van der Waals surface area contributed by atoms with Gasteiger partial charge in [-0.05, 0) is 17.7 Å². The third-order valence-corrected chi connectivity index (χ3v) is 3.29.